The van der Waals surface area contributed by atoms with E-state index in [0.717, 1.165) is 62.3 Å². The normalized spacial score (nSPS) is 18.9. The number of rotatable bonds is 9. The van der Waals surface area contributed by atoms with E-state index in [2.05, 4.69) is 106 Å². The Morgan fingerprint density at radius 3 is 2.41 bits per heavy atom. The Morgan fingerprint density at radius 1 is 0.951 bits per heavy atom. The summed E-state index contributed by atoms with van der Waals surface area (Å²) in [6.07, 6.45) is 2.83. The van der Waals surface area contributed by atoms with E-state index in [4.69, 9.17) is 21.9 Å². The molecular weight excluding hydrogens is 528 g/mol. The van der Waals surface area contributed by atoms with Crippen LogP contribution in [0, 0.1) is 13.8 Å². The summed E-state index contributed by atoms with van der Waals surface area (Å²) < 4.78 is 7.90. The van der Waals surface area contributed by atoms with Crippen LogP contribution < -0.4 is 15.5 Å². The van der Waals surface area contributed by atoms with Gasteiger partial charge >= 0.3 is 0 Å². The van der Waals surface area contributed by atoms with E-state index in [1.165, 1.54) is 28.3 Å². The second kappa shape index (κ2) is 12.3. The van der Waals surface area contributed by atoms with Gasteiger partial charge in [-0.25, -0.2) is 0 Å². The SMILES string of the molecule is Cc1cc([C@@H]2[C@H](c3ccccn3)NC(=S)N2CCCNc2ccccc2)c(C)n1-c1ccc(N2CCOCC2)cc1. The molecule has 2 aliphatic rings. The number of thiocarbonyl (C=S) groups is 1. The van der Waals surface area contributed by atoms with Gasteiger partial charge in [-0.1, -0.05) is 24.3 Å². The van der Waals surface area contributed by atoms with Gasteiger partial charge in [0.25, 0.3) is 0 Å². The van der Waals surface area contributed by atoms with Crippen molar-refractivity contribution in [1.82, 2.24) is 19.8 Å². The number of hydrogen-bond donors (Lipinski definition) is 2. The molecule has 2 aromatic carbocycles. The number of benzene rings is 2. The Morgan fingerprint density at radius 2 is 1.68 bits per heavy atom. The quantitative estimate of drug-likeness (QED) is 0.196. The Hall–Kier alpha value is -3.88. The summed E-state index contributed by atoms with van der Waals surface area (Å²) in [5, 5.41) is 7.94. The lowest BCUT2D eigenvalue weighted by atomic mass is 9.96. The van der Waals surface area contributed by atoms with Gasteiger partial charge in [-0.05, 0) is 92.6 Å². The molecule has 2 fully saturated rings. The minimum absolute atomic E-state index is 0.0246. The van der Waals surface area contributed by atoms with Crippen LogP contribution in [0.3, 0.4) is 0 Å². The van der Waals surface area contributed by atoms with Crippen molar-refractivity contribution in [3.8, 4) is 5.69 Å². The maximum absolute atomic E-state index is 5.94. The lowest BCUT2D eigenvalue weighted by molar-refractivity contribution is 0.122. The zero-order valence-electron chi connectivity index (χ0n) is 23.8. The van der Waals surface area contributed by atoms with Crippen LogP contribution in [0.15, 0.2) is 85.1 Å². The average Bonchev–Trinajstić information content (AvgIpc) is 3.50. The molecule has 4 aromatic rings. The van der Waals surface area contributed by atoms with Gasteiger partial charge in [0.1, 0.15) is 0 Å². The maximum atomic E-state index is 5.94. The maximum Gasteiger partial charge on any atom is 0.170 e. The van der Waals surface area contributed by atoms with Crippen LogP contribution in [-0.2, 0) is 4.74 Å². The van der Waals surface area contributed by atoms with E-state index >= 15 is 0 Å². The van der Waals surface area contributed by atoms with E-state index in [0.29, 0.717) is 0 Å². The lowest BCUT2D eigenvalue weighted by Crippen LogP contribution is -2.36. The van der Waals surface area contributed by atoms with E-state index in [9.17, 15) is 0 Å². The molecule has 2 N–H and O–H groups in total. The molecule has 4 heterocycles. The summed E-state index contributed by atoms with van der Waals surface area (Å²) in [7, 11) is 0. The Kier molecular flexibility index (Phi) is 8.21. The number of nitrogens with zero attached hydrogens (tertiary/aromatic N) is 4. The molecule has 2 aromatic heterocycles. The number of anilines is 2. The van der Waals surface area contributed by atoms with Crippen LogP contribution >= 0.6 is 12.2 Å². The Bertz CT molecular complexity index is 1450. The third-order valence-corrected chi connectivity index (χ3v) is 8.50. The monoisotopic (exact) mass is 566 g/mol. The second-order valence-corrected chi connectivity index (χ2v) is 11.1. The highest BCUT2D eigenvalue weighted by Gasteiger charge is 2.41. The molecule has 7 nitrogen and oxygen atoms in total. The van der Waals surface area contributed by atoms with Gasteiger partial charge in [0.2, 0.25) is 0 Å². The minimum atomic E-state index is -0.0246. The molecule has 2 aliphatic heterocycles. The molecule has 2 atom stereocenters. The number of morpholine rings is 1. The summed E-state index contributed by atoms with van der Waals surface area (Å²) in [6, 6.07) is 27.7. The zero-order chi connectivity index (χ0) is 28.2. The summed E-state index contributed by atoms with van der Waals surface area (Å²) >= 11 is 5.94. The molecule has 0 bridgehead atoms. The number of hydrogen-bond acceptors (Lipinski definition) is 5. The van der Waals surface area contributed by atoms with Crippen molar-refractivity contribution in [3.63, 3.8) is 0 Å². The summed E-state index contributed by atoms with van der Waals surface area (Å²) in [4.78, 5) is 9.48. The van der Waals surface area contributed by atoms with Crippen molar-refractivity contribution in [2.75, 3.05) is 49.6 Å². The third kappa shape index (κ3) is 5.80. The van der Waals surface area contributed by atoms with Gasteiger partial charge < -0.3 is 29.7 Å². The molecular formula is C33H38N6OS. The zero-order valence-corrected chi connectivity index (χ0v) is 24.6. The molecule has 0 amide bonds. The van der Waals surface area contributed by atoms with Crippen LogP contribution in [0.25, 0.3) is 5.69 Å². The van der Waals surface area contributed by atoms with Crippen molar-refractivity contribution < 1.29 is 4.74 Å². The fourth-order valence-electron chi connectivity index (χ4n) is 6.14. The van der Waals surface area contributed by atoms with Crippen LogP contribution in [0.2, 0.25) is 0 Å². The number of aromatic nitrogens is 2. The molecule has 0 radical (unpaired) electrons. The average molecular weight is 567 g/mol. The summed E-state index contributed by atoms with van der Waals surface area (Å²) in [5.41, 5.74) is 8.27. The highest BCUT2D eigenvalue weighted by atomic mass is 32.1. The van der Waals surface area contributed by atoms with Gasteiger partial charge in [-0.2, -0.15) is 0 Å². The minimum Gasteiger partial charge on any atom is -0.385 e. The van der Waals surface area contributed by atoms with Crippen molar-refractivity contribution in [3.05, 3.63) is 108 Å². The number of para-hydroxylation sites is 1. The standard InChI is InChI=1S/C33H38N6OS/c1-24-23-29(25(2)39(24)28-14-12-27(13-15-28)37-19-21-40-22-20-37)32-31(30-11-6-7-16-35-30)36-33(41)38(32)18-8-17-34-26-9-4-3-5-10-26/h3-7,9-16,23,31-32,34H,8,17-22H2,1-2H3,(H,36,41)/t31-,32+/m0/s1. The predicted molar refractivity (Wildman–Crippen MR) is 170 cm³/mol. The van der Waals surface area contributed by atoms with Gasteiger partial charge in [0.15, 0.2) is 5.11 Å². The lowest BCUT2D eigenvalue weighted by Gasteiger charge is -2.29. The second-order valence-electron chi connectivity index (χ2n) is 10.7. The van der Waals surface area contributed by atoms with Crippen molar-refractivity contribution in [2.24, 2.45) is 0 Å². The molecule has 2 saturated heterocycles. The largest absolute Gasteiger partial charge is 0.385 e. The van der Waals surface area contributed by atoms with Crippen LogP contribution in [0.5, 0.6) is 0 Å². The van der Waals surface area contributed by atoms with E-state index in [-0.39, 0.29) is 12.1 Å². The number of aryl methyl sites for hydroxylation is 1. The van der Waals surface area contributed by atoms with Gasteiger partial charge in [0.05, 0.1) is 31.0 Å². The topological polar surface area (TPSA) is 57.6 Å². The van der Waals surface area contributed by atoms with Crippen molar-refractivity contribution in [2.45, 2.75) is 32.4 Å². The first-order valence-corrected chi connectivity index (χ1v) is 14.9. The number of nitrogens with one attached hydrogen (secondary N) is 2. The predicted octanol–water partition coefficient (Wildman–Crippen LogP) is 5.80. The van der Waals surface area contributed by atoms with E-state index in [1.54, 1.807) is 0 Å². The van der Waals surface area contributed by atoms with Gasteiger partial charge in [-0.3, -0.25) is 4.98 Å². The molecule has 41 heavy (non-hydrogen) atoms. The Labute approximate surface area is 248 Å². The number of pyridine rings is 1. The molecule has 8 heteroatoms. The summed E-state index contributed by atoms with van der Waals surface area (Å²) in [5.74, 6) is 0. The van der Waals surface area contributed by atoms with Gasteiger partial charge in [0, 0.05) is 60.8 Å². The van der Waals surface area contributed by atoms with Gasteiger partial charge in [-0.15, -0.1) is 0 Å². The fourth-order valence-corrected chi connectivity index (χ4v) is 6.47. The first kappa shape index (κ1) is 27.3. The smallest absolute Gasteiger partial charge is 0.170 e. The van der Waals surface area contributed by atoms with E-state index in [1.807, 2.05) is 18.3 Å². The first-order valence-electron chi connectivity index (χ1n) is 14.5. The number of ether oxygens (including phenoxy) is 1. The molecule has 0 saturated carbocycles. The van der Waals surface area contributed by atoms with Crippen molar-refractivity contribution in [1.29, 1.82) is 0 Å². The highest BCUT2D eigenvalue weighted by Crippen LogP contribution is 2.41. The van der Waals surface area contributed by atoms with Crippen LogP contribution in [0.1, 0.15) is 41.1 Å². The molecule has 0 unspecified atom stereocenters. The van der Waals surface area contributed by atoms with Crippen LogP contribution in [-0.4, -0.2) is 59.0 Å². The van der Waals surface area contributed by atoms with Crippen LogP contribution in [0.4, 0.5) is 11.4 Å². The molecule has 0 aliphatic carbocycles. The fraction of sp³-hybridized carbons (Fsp3) is 0.333. The molecule has 6 rings (SSSR count). The molecule has 212 valence electrons. The van der Waals surface area contributed by atoms with E-state index < -0.39 is 0 Å². The van der Waals surface area contributed by atoms with Crippen molar-refractivity contribution >= 4 is 28.7 Å². The highest BCUT2D eigenvalue weighted by molar-refractivity contribution is 7.80. The first-order chi connectivity index (χ1) is 20.1. The molecule has 0 spiro atoms. The third-order valence-electron chi connectivity index (χ3n) is 8.15. The Balaban J connectivity index is 1.27. The summed E-state index contributed by atoms with van der Waals surface area (Å²) in [6.45, 7) is 9.58.